The summed E-state index contributed by atoms with van der Waals surface area (Å²) in [5.74, 6) is 7.91. The number of aliphatic hydroxyl groups is 1. The maximum Gasteiger partial charge on any atom is 0.145 e. The van der Waals surface area contributed by atoms with Gasteiger partial charge in [-0.3, -0.25) is 10.0 Å². The molecule has 1 aliphatic rings. The number of hydrogen-bond acceptors (Lipinski definition) is 5. The second-order valence-corrected chi connectivity index (χ2v) is 7.57. The van der Waals surface area contributed by atoms with E-state index in [0.717, 1.165) is 36.7 Å². The van der Waals surface area contributed by atoms with Gasteiger partial charge in [0, 0.05) is 16.9 Å². The highest BCUT2D eigenvalue weighted by Gasteiger charge is 2.23. The summed E-state index contributed by atoms with van der Waals surface area (Å²) in [6, 6.07) is 16.4. The number of amidine groups is 1. The molecule has 1 atom stereocenters. The molecule has 2 aromatic carbocycles. The molecular formula is C21H27Cl2N3O2. The number of alkyl halides is 1. The van der Waals surface area contributed by atoms with E-state index >= 15 is 0 Å². The first kappa shape index (κ1) is 22.5. The summed E-state index contributed by atoms with van der Waals surface area (Å²) < 4.78 is 5.77. The second kappa shape index (κ2) is 10.1. The van der Waals surface area contributed by atoms with Crippen molar-refractivity contribution in [1.82, 2.24) is 5.01 Å². The molecule has 152 valence electrons. The van der Waals surface area contributed by atoms with Crippen LogP contribution in [0.3, 0.4) is 0 Å². The Kier molecular flexibility index (Phi) is 8.13. The highest BCUT2D eigenvalue weighted by molar-refractivity contribution is 6.18. The van der Waals surface area contributed by atoms with E-state index in [-0.39, 0.29) is 19.0 Å². The summed E-state index contributed by atoms with van der Waals surface area (Å²) in [5, 5.41) is 11.1. The van der Waals surface area contributed by atoms with Crippen LogP contribution < -0.4 is 10.6 Å². The fraction of sp³-hybridized carbons (Fsp3) is 0.381. The predicted molar refractivity (Wildman–Crippen MR) is 117 cm³/mol. The van der Waals surface area contributed by atoms with E-state index in [0.29, 0.717) is 12.5 Å². The van der Waals surface area contributed by atoms with Gasteiger partial charge in [-0.1, -0.05) is 43.3 Å². The van der Waals surface area contributed by atoms with Crippen LogP contribution in [0.5, 0.6) is 5.75 Å². The van der Waals surface area contributed by atoms with Gasteiger partial charge in [-0.25, -0.2) is 5.84 Å². The Morgan fingerprint density at radius 2 is 1.75 bits per heavy atom. The number of halogens is 2. The lowest BCUT2D eigenvalue weighted by atomic mass is 9.96. The average molecular weight is 424 g/mol. The third-order valence-corrected chi connectivity index (χ3v) is 5.36. The summed E-state index contributed by atoms with van der Waals surface area (Å²) in [4.78, 5) is 4.44. The van der Waals surface area contributed by atoms with Gasteiger partial charge in [-0.15, -0.1) is 24.0 Å². The average Bonchev–Trinajstić information content (AvgIpc) is 3.14. The van der Waals surface area contributed by atoms with Crippen LogP contribution in [0.4, 0.5) is 0 Å². The second-order valence-electron chi connectivity index (χ2n) is 7.31. The molecule has 3 rings (SSSR count). The molecule has 7 heteroatoms. The van der Waals surface area contributed by atoms with Crippen molar-refractivity contribution in [3.05, 3.63) is 65.2 Å². The molecule has 0 bridgehead atoms. The molecule has 5 nitrogen and oxygen atoms in total. The van der Waals surface area contributed by atoms with E-state index in [1.54, 1.807) is 5.01 Å². The zero-order valence-corrected chi connectivity index (χ0v) is 17.5. The van der Waals surface area contributed by atoms with Gasteiger partial charge >= 0.3 is 0 Å². The molecule has 1 unspecified atom stereocenters. The van der Waals surface area contributed by atoms with Crippen molar-refractivity contribution in [1.29, 1.82) is 0 Å². The summed E-state index contributed by atoms with van der Waals surface area (Å²) >= 11 is 5.89. The van der Waals surface area contributed by atoms with E-state index < -0.39 is 5.41 Å². The minimum atomic E-state index is -0.426. The van der Waals surface area contributed by atoms with Gasteiger partial charge in [0.25, 0.3) is 0 Å². The van der Waals surface area contributed by atoms with E-state index in [1.165, 1.54) is 11.1 Å². The number of hydrazine groups is 1. The highest BCUT2D eigenvalue weighted by atomic mass is 35.5. The van der Waals surface area contributed by atoms with E-state index in [4.69, 9.17) is 22.2 Å². The first-order valence-electron chi connectivity index (χ1n) is 9.07. The summed E-state index contributed by atoms with van der Waals surface area (Å²) in [6.07, 6.45) is 0.843. The smallest absolute Gasteiger partial charge is 0.145 e. The zero-order valence-electron chi connectivity index (χ0n) is 16.0. The Balaban J connectivity index is 0.00000280. The number of nitrogens with two attached hydrogens (primary N) is 1. The molecular weight excluding hydrogens is 397 g/mol. The van der Waals surface area contributed by atoms with Gasteiger partial charge < -0.3 is 9.84 Å². The number of ether oxygens (including phenoxy) is 1. The molecule has 2 aromatic rings. The number of benzene rings is 2. The summed E-state index contributed by atoms with van der Waals surface area (Å²) in [6.45, 7) is 3.81. The van der Waals surface area contributed by atoms with Gasteiger partial charge in [0.1, 0.15) is 11.6 Å². The maximum absolute atomic E-state index is 9.39. The molecule has 0 saturated carbocycles. The van der Waals surface area contributed by atoms with Crippen LogP contribution in [0.1, 0.15) is 23.6 Å². The van der Waals surface area contributed by atoms with Crippen LogP contribution in [-0.4, -0.2) is 48.1 Å². The van der Waals surface area contributed by atoms with E-state index in [1.807, 2.05) is 19.1 Å². The number of aliphatic imine (C=N–C) groups is 1. The van der Waals surface area contributed by atoms with Crippen molar-refractivity contribution in [2.75, 3.05) is 32.2 Å². The van der Waals surface area contributed by atoms with Crippen molar-refractivity contribution in [3.63, 3.8) is 0 Å². The van der Waals surface area contributed by atoms with Crippen molar-refractivity contribution in [2.24, 2.45) is 16.3 Å². The minimum Gasteiger partial charge on any atom is -0.493 e. The predicted octanol–water partition coefficient (Wildman–Crippen LogP) is 3.25. The first-order valence-corrected chi connectivity index (χ1v) is 9.61. The standard InChI is InChI=1S/C21H26ClN3O2.ClH/c1-21(13-22,14-26)15-27-19-8-4-17(5-9-19)12-16-2-6-18(7-3-16)20-24-10-11-25(20)23;/h2-9,26H,10-15,23H2,1H3;1H. The normalized spacial score (nSPS) is 15.6. The van der Waals surface area contributed by atoms with Gasteiger partial charge in [0.2, 0.25) is 0 Å². The Morgan fingerprint density at radius 3 is 2.25 bits per heavy atom. The maximum atomic E-state index is 9.39. The molecule has 1 aliphatic heterocycles. The van der Waals surface area contributed by atoms with Crippen LogP contribution in [0.25, 0.3) is 0 Å². The quantitative estimate of drug-likeness (QED) is 0.504. The number of nitrogens with zero attached hydrogens (tertiary/aromatic N) is 2. The minimum absolute atomic E-state index is 0. The van der Waals surface area contributed by atoms with Crippen LogP contribution in [0, 0.1) is 5.41 Å². The Morgan fingerprint density at radius 1 is 1.14 bits per heavy atom. The fourth-order valence-electron chi connectivity index (χ4n) is 2.81. The van der Waals surface area contributed by atoms with Crippen molar-refractivity contribution in [3.8, 4) is 5.75 Å². The molecule has 0 fully saturated rings. The van der Waals surface area contributed by atoms with Gasteiger partial charge in [-0.2, -0.15) is 0 Å². The fourth-order valence-corrected chi connectivity index (χ4v) is 2.97. The lowest BCUT2D eigenvalue weighted by Gasteiger charge is -2.24. The molecule has 3 N–H and O–H groups in total. The molecule has 28 heavy (non-hydrogen) atoms. The first-order chi connectivity index (χ1) is 13.0. The van der Waals surface area contributed by atoms with Crippen molar-refractivity contribution < 1.29 is 9.84 Å². The van der Waals surface area contributed by atoms with Crippen LogP contribution in [-0.2, 0) is 6.42 Å². The third kappa shape index (κ3) is 5.61. The van der Waals surface area contributed by atoms with Gasteiger partial charge in [0.15, 0.2) is 0 Å². The Bertz CT molecular complexity index is 775. The van der Waals surface area contributed by atoms with Gasteiger partial charge in [0.05, 0.1) is 26.3 Å². The molecule has 0 radical (unpaired) electrons. The molecule has 0 saturated heterocycles. The lowest BCUT2D eigenvalue weighted by molar-refractivity contribution is 0.100. The molecule has 0 spiro atoms. The molecule has 0 amide bonds. The highest BCUT2D eigenvalue weighted by Crippen LogP contribution is 2.21. The van der Waals surface area contributed by atoms with E-state index in [9.17, 15) is 5.11 Å². The van der Waals surface area contributed by atoms with Crippen LogP contribution in [0.15, 0.2) is 53.5 Å². The molecule has 0 aliphatic carbocycles. The van der Waals surface area contributed by atoms with Crippen LogP contribution >= 0.6 is 24.0 Å². The Hall–Kier alpha value is -1.79. The number of hydrogen-bond donors (Lipinski definition) is 2. The van der Waals surface area contributed by atoms with Crippen LogP contribution in [0.2, 0.25) is 0 Å². The topological polar surface area (TPSA) is 71.1 Å². The van der Waals surface area contributed by atoms with E-state index in [2.05, 4.69) is 41.4 Å². The monoisotopic (exact) mass is 423 g/mol. The summed E-state index contributed by atoms with van der Waals surface area (Å²) in [7, 11) is 0. The van der Waals surface area contributed by atoms with Gasteiger partial charge in [-0.05, 0) is 29.7 Å². The van der Waals surface area contributed by atoms with Crippen molar-refractivity contribution in [2.45, 2.75) is 13.3 Å². The number of rotatable bonds is 8. The molecule has 1 heterocycles. The SMILES string of the molecule is CC(CO)(CCl)COc1ccc(Cc2ccc(C3=NCCN3N)cc2)cc1.Cl. The largest absolute Gasteiger partial charge is 0.493 e. The third-order valence-electron chi connectivity index (χ3n) is 4.71. The zero-order chi connectivity index (χ0) is 19.3. The molecule has 0 aromatic heterocycles. The Labute approximate surface area is 177 Å². The summed E-state index contributed by atoms with van der Waals surface area (Å²) in [5.41, 5.74) is 3.05. The van der Waals surface area contributed by atoms with Crippen molar-refractivity contribution >= 4 is 29.8 Å². The number of aliphatic hydroxyl groups excluding tert-OH is 1. The lowest BCUT2D eigenvalue weighted by Crippen LogP contribution is -2.34.